The van der Waals surface area contributed by atoms with Crippen LogP contribution in [0.4, 0.5) is 11.4 Å². The quantitative estimate of drug-likeness (QED) is 0.781. The highest BCUT2D eigenvalue weighted by atomic mass is 79.9. The first-order valence-corrected chi connectivity index (χ1v) is 8.81. The number of hydrogen-bond donors (Lipinski definition) is 1. The summed E-state index contributed by atoms with van der Waals surface area (Å²) in [5.41, 5.74) is 0.565. The summed E-state index contributed by atoms with van der Waals surface area (Å²) in [5, 5.41) is 2.89. The lowest BCUT2D eigenvalue weighted by Crippen LogP contribution is -2.43. The van der Waals surface area contributed by atoms with Crippen LogP contribution in [0.15, 0.2) is 59.1 Å². The van der Waals surface area contributed by atoms with Crippen molar-refractivity contribution in [2.24, 2.45) is 5.41 Å². The average molecular weight is 387 g/mol. The maximum absolute atomic E-state index is 13.0. The number of halogens is 1. The molecule has 3 rings (SSSR count). The summed E-state index contributed by atoms with van der Waals surface area (Å²) >= 11 is 3.42. The van der Waals surface area contributed by atoms with Gasteiger partial charge in [-0.3, -0.25) is 9.59 Å². The number of carbonyl (C=O) groups is 2. The van der Waals surface area contributed by atoms with Crippen LogP contribution in [0.2, 0.25) is 0 Å². The van der Waals surface area contributed by atoms with Crippen molar-refractivity contribution < 1.29 is 9.59 Å². The molecule has 0 saturated heterocycles. The largest absolute Gasteiger partial charge is 0.324 e. The minimum atomic E-state index is -0.943. The van der Waals surface area contributed by atoms with Gasteiger partial charge in [0.1, 0.15) is 5.41 Å². The molecule has 0 aliphatic heterocycles. The third-order valence-electron chi connectivity index (χ3n) is 4.35. The normalized spacial score (nSPS) is 14.8. The highest BCUT2D eigenvalue weighted by molar-refractivity contribution is 9.10. The SMILES string of the molecule is CCN(C(=O)C1(C(=O)Nc2ccccc2Br)CC1)c1ccccc1. The van der Waals surface area contributed by atoms with Gasteiger partial charge in [-0.05, 0) is 60.0 Å². The van der Waals surface area contributed by atoms with E-state index in [1.807, 2.05) is 61.5 Å². The first-order valence-electron chi connectivity index (χ1n) is 8.01. The minimum Gasteiger partial charge on any atom is -0.324 e. The van der Waals surface area contributed by atoms with Gasteiger partial charge in [0.2, 0.25) is 11.8 Å². The van der Waals surface area contributed by atoms with E-state index in [1.165, 1.54) is 0 Å². The van der Waals surface area contributed by atoms with Gasteiger partial charge >= 0.3 is 0 Å². The smallest absolute Gasteiger partial charge is 0.242 e. The van der Waals surface area contributed by atoms with E-state index in [2.05, 4.69) is 21.2 Å². The first kappa shape index (κ1) is 16.7. The molecule has 0 heterocycles. The molecule has 0 bridgehead atoms. The Morgan fingerprint density at radius 2 is 1.71 bits per heavy atom. The number of rotatable bonds is 5. The van der Waals surface area contributed by atoms with Gasteiger partial charge in [0.25, 0.3) is 0 Å². The fourth-order valence-corrected chi connectivity index (χ4v) is 3.16. The highest BCUT2D eigenvalue weighted by Crippen LogP contribution is 2.49. The van der Waals surface area contributed by atoms with Gasteiger partial charge in [0.05, 0.1) is 5.69 Å². The Kier molecular flexibility index (Phi) is 4.71. The summed E-state index contributed by atoms with van der Waals surface area (Å²) in [5.74, 6) is -0.352. The van der Waals surface area contributed by atoms with Gasteiger partial charge in [-0.1, -0.05) is 30.3 Å². The van der Waals surface area contributed by atoms with Crippen LogP contribution in [0, 0.1) is 5.41 Å². The van der Waals surface area contributed by atoms with E-state index >= 15 is 0 Å². The summed E-state index contributed by atoms with van der Waals surface area (Å²) in [7, 11) is 0. The summed E-state index contributed by atoms with van der Waals surface area (Å²) in [6.07, 6.45) is 1.18. The van der Waals surface area contributed by atoms with Gasteiger partial charge in [-0.2, -0.15) is 0 Å². The fraction of sp³-hybridized carbons (Fsp3) is 0.263. The van der Waals surface area contributed by atoms with Crippen LogP contribution in [-0.4, -0.2) is 18.4 Å². The van der Waals surface area contributed by atoms with Crippen molar-refractivity contribution in [3.05, 3.63) is 59.1 Å². The second kappa shape index (κ2) is 6.77. The summed E-state index contributed by atoms with van der Waals surface area (Å²) < 4.78 is 0.803. The van der Waals surface area contributed by atoms with Crippen LogP contribution in [0.5, 0.6) is 0 Å². The van der Waals surface area contributed by atoms with Crippen molar-refractivity contribution in [1.29, 1.82) is 0 Å². The van der Waals surface area contributed by atoms with Gasteiger partial charge in [0.15, 0.2) is 0 Å². The van der Waals surface area contributed by atoms with Gasteiger partial charge in [-0.15, -0.1) is 0 Å². The lowest BCUT2D eigenvalue weighted by Gasteiger charge is -2.26. The summed E-state index contributed by atoms with van der Waals surface area (Å²) in [6, 6.07) is 16.9. The fourth-order valence-electron chi connectivity index (χ4n) is 2.78. The van der Waals surface area contributed by atoms with Crippen molar-refractivity contribution in [3.63, 3.8) is 0 Å². The zero-order valence-electron chi connectivity index (χ0n) is 13.5. The molecule has 2 aromatic carbocycles. The third-order valence-corrected chi connectivity index (χ3v) is 5.04. The van der Waals surface area contributed by atoms with Crippen molar-refractivity contribution in [2.75, 3.05) is 16.8 Å². The molecule has 1 aliphatic rings. The molecule has 2 aromatic rings. The van der Waals surface area contributed by atoms with Crippen molar-refractivity contribution in [1.82, 2.24) is 0 Å². The number of benzene rings is 2. The molecule has 1 saturated carbocycles. The molecule has 0 unspecified atom stereocenters. The Bertz CT molecular complexity index is 757. The van der Waals surface area contributed by atoms with Gasteiger partial charge in [0, 0.05) is 16.7 Å². The predicted octanol–water partition coefficient (Wildman–Crippen LogP) is 4.22. The second-order valence-corrected chi connectivity index (χ2v) is 6.76. The lowest BCUT2D eigenvalue weighted by atomic mass is 10.0. The minimum absolute atomic E-state index is 0.124. The molecule has 1 N–H and O–H groups in total. The molecular formula is C19H19BrN2O2. The molecule has 124 valence electrons. The Morgan fingerprint density at radius 1 is 1.08 bits per heavy atom. The van der Waals surface area contributed by atoms with E-state index in [-0.39, 0.29) is 11.8 Å². The number of para-hydroxylation sites is 2. The number of hydrogen-bond acceptors (Lipinski definition) is 2. The first-order chi connectivity index (χ1) is 11.6. The van der Waals surface area contributed by atoms with Crippen LogP contribution >= 0.6 is 15.9 Å². The molecule has 0 atom stereocenters. The number of carbonyl (C=O) groups excluding carboxylic acids is 2. The lowest BCUT2D eigenvalue weighted by molar-refractivity contribution is -0.132. The Hall–Kier alpha value is -2.14. The van der Waals surface area contributed by atoms with Crippen LogP contribution < -0.4 is 10.2 Å². The second-order valence-electron chi connectivity index (χ2n) is 5.90. The maximum atomic E-state index is 13.0. The maximum Gasteiger partial charge on any atom is 0.242 e. The van der Waals surface area contributed by atoms with E-state index in [0.717, 1.165) is 10.2 Å². The summed E-state index contributed by atoms with van der Waals surface area (Å²) in [4.78, 5) is 27.5. The predicted molar refractivity (Wildman–Crippen MR) is 98.9 cm³/mol. The molecule has 0 aromatic heterocycles. The molecule has 2 amide bonds. The molecule has 0 radical (unpaired) electrons. The molecular weight excluding hydrogens is 368 g/mol. The number of anilines is 2. The molecule has 0 spiro atoms. The zero-order chi connectivity index (χ0) is 17.2. The molecule has 5 heteroatoms. The van der Waals surface area contributed by atoms with Crippen LogP contribution in [0.1, 0.15) is 19.8 Å². The highest BCUT2D eigenvalue weighted by Gasteiger charge is 2.58. The topological polar surface area (TPSA) is 49.4 Å². The van der Waals surface area contributed by atoms with Crippen LogP contribution in [0.3, 0.4) is 0 Å². The number of amides is 2. The van der Waals surface area contributed by atoms with E-state index in [0.29, 0.717) is 25.1 Å². The molecule has 1 fully saturated rings. The van der Waals surface area contributed by atoms with Crippen molar-refractivity contribution in [3.8, 4) is 0 Å². The standard InChI is InChI=1S/C19H19BrN2O2/c1-2-22(14-8-4-3-5-9-14)18(24)19(12-13-19)17(23)21-16-11-7-6-10-15(16)20/h3-11H,2,12-13H2,1H3,(H,21,23). The van der Waals surface area contributed by atoms with Crippen molar-refractivity contribution in [2.45, 2.75) is 19.8 Å². The van der Waals surface area contributed by atoms with Crippen LogP contribution in [-0.2, 0) is 9.59 Å². The number of nitrogens with zero attached hydrogens (tertiary/aromatic N) is 1. The third kappa shape index (κ3) is 3.08. The average Bonchev–Trinajstić information content (AvgIpc) is 3.40. The van der Waals surface area contributed by atoms with Gasteiger partial charge in [-0.25, -0.2) is 0 Å². The Morgan fingerprint density at radius 3 is 2.29 bits per heavy atom. The molecule has 24 heavy (non-hydrogen) atoms. The van der Waals surface area contributed by atoms with E-state index in [4.69, 9.17) is 0 Å². The summed E-state index contributed by atoms with van der Waals surface area (Å²) in [6.45, 7) is 2.46. The molecule has 1 aliphatic carbocycles. The Balaban J connectivity index is 1.81. The monoisotopic (exact) mass is 386 g/mol. The molecule has 4 nitrogen and oxygen atoms in total. The van der Waals surface area contributed by atoms with E-state index < -0.39 is 5.41 Å². The van der Waals surface area contributed by atoms with E-state index in [9.17, 15) is 9.59 Å². The number of nitrogens with one attached hydrogen (secondary N) is 1. The van der Waals surface area contributed by atoms with Crippen molar-refractivity contribution >= 4 is 39.1 Å². The Labute approximate surface area is 150 Å². The van der Waals surface area contributed by atoms with Gasteiger partial charge < -0.3 is 10.2 Å². The van der Waals surface area contributed by atoms with Crippen LogP contribution in [0.25, 0.3) is 0 Å². The van der Waals surface area contributed by atoms with E-state index in [1.54, 1.807) is 4.90 Å². The zero-order valence-corrected chi connectivity index (χ0v) is 15.0.